The average Bonchev–Trinajstić information content (AvgIpc) is 3.44. The van der Waals surface area contributed by atoms with E-state index in [1.165, 1.54) is 0 Å². The normalized spacial score (nSPS) is 17.9. The number of aromatic nitrogens is 3. The van der Waals surface area contributed by atoms with Crippen LogP contribution in [0.2, 0.25) is 0 Å². The number of ether oxygens (including phenoxy) is 1. The van der Waals surface area contributed by atoms with Crippen LogP contribution in [-0.2, 0) is 11.2 Å². The van der Waals surface area contributed by atoms with E-state index in [2.05, 4.69) is 10.2 Å². The van der Waals surface area contributed by atoms with Crippen molar-refractivity contribution in [3.8, 4) is 11.4 Å². The Bertz CT molecular complexity index is 1390. The number of hydrogen-bond acceptors (Lipinski definition) is 5. The zero-order valence-electron chi connectivity index (χ0n) is 19.8. The molecule has 0 radical (unpaired) electrons. The van der Waals surface area contributed by atoms with E-state index in [4.69, 9.17) is 9.72 Å². The quantitative estimate of drug-likeness (QED) is 0.420. The van der Waals surface area contributed by atoms with Gasteiger partial charge in [-0.2, -0.15) is 5.10 Å². The maximum Gasteiger partial charge on any atom is 0.339 e. The van der Waals surface area contributed by atoms with E-state index in [9.17, 15) is 9.59 Å². The number of likely N-dealkylation sites (tertiary alicyclic amines) is 1. The molecule has 0 spiro atoms. The van der Waals surface area contributed by atoms with Gasteiger partial charge in [-0.05, 0) is 42.2 Å². The number of nitrogens with one attached hydrogen (secondary N) is 1. The smallest absolute Gasteiger partial charge is 0.339 e. The fraction of sp³-hybridized carbons (Fsp3) is 0.241. The SMILES string of the molecule is O=C1OC(c2ccccc2)Cc2cc(C(=O)N3CCC(c4nc(-c5ccccc5)n[nH]4)CC3)ccc21. The van der Waals surface area contributed by atoms with Gasteiger partial charge in [0.15, 0.2) is 5.82 Å². The van der Waals surface area contributed by atoms with E-state index in [1.807, 2.05) is 71.6 Å². The zero-order chi connectivity index (χ0) is 24.5. The first-order valence-electron chi connectivity index (χ1n) is 12.3. The van der Waals surface area contributed by atoms with Crippen LogP contribution in [0.5, 0.6) is 0 Å². The molecular weight excluding hydrogens is 452 g/mol. The lowest BCUT2D eigenvalue weighted by Crippen LogP contribution is -2.38. The summed E-state index contributed by atoms with van der Waals surface area (Å²) in [6.45, 7) is 1.30. The molecular formula is C29H26N4O3. The van der Waals surface area contributed by atoms with Crippen molar-refractivity contribution in [1.82, 2.24) is 20.1 Å². The molecule has 2 aliphatic heterocycles. The van der Waals surface area contributed by atoms with Crippen molar-refractivity contribution >= 4 is 11.9 Å². The van der Waals surface area contributed by atoms with E-state index in [1.54, 1.807) is 12.1 Å². The summed E-state index contributed by atoms with van der Waals surface area (Å²) in [5, 5.41) is 7.48. The third kappa shape index (κ3) is 4.28. The van der Waals surface area contributed by atoms with Crippen LogP contribution in [0.3, 0.4) is 0 Å². The van der Waals surface area contributed by atoms with Crippen molar-refractivity contribution in [2.24, 2.45) is 0 Å². The van der Waals surface area contributed by atoms with Gasteiger partial charge in [0, 0.05) is 36.6 Å². The number of cyclic esters (lactones) is 1. The topological polar surface area (TPSA) is 88.2 Å². The van der Waals surface area contributed by atoms with Crippen LogP contribution in [0.4, 0.5) is 0 Å². The average molecular weight is 479 g/mol. The Kier molecular flexibility index (Phi) is 5.81. The summed E-state index contributed by atoms with van der Waals surface area (Å²) in [6, 6.07) is 24.9. The van der Waals surface area contributed by atoms with E-state index < -0.39 is 0 Å². The number of carbonyl (C=O) groups excluding carboxylic acids is 2. The second-order valence-electron chi connectivity index (χ2n) is 9.36. The molecule has 36 heavy (non-hydrogen) atoms. The molecule has 1 N–H and O–H groups in total. The molecule has 1 atom stereocenters. The molecule has 0 aliphatic carbocycles. The molecule has 1 fully saturated rings. The summed E-state index contributed by atoms with van der Waals surface area (Å²) in [5.74, 6) is 1.47. The van der Waals surface area contributed by atoms with E-state index in [0.29, 0.717) is 36.5 Å². The van der Waals surface area contributed by atoms with Gasteiger partial charge in [0.05, 0.1) is 5.56 Å². The summed E-state index contributed by atoms with van der Waals surface area (Å²) in [6.07, 6.45) is 1.86. The van der Waals surface area contributed by atoms with Gasteiger partial charge in [0.1, 0.15) is 11.9 Å². The second kappa shape index (κ2) is 9.41. The largest absolute Gasteiger partial charge is 0.454 e. The fourth-order valence-corrected chi connectivity index (χ4v) is 5.09. The van der Waals surface area contributed by atoms with Gasteiger partial charge in [0.2, 0.25) is 0 Å². The van der Waals surface area contributed by atoms with Gasteiger partial charge in [0.25, 0.3) is 5.91 Å². The highest BCUT2D eigenvalue weighted by molar-refractivity contribution is 5.98. The summed E-state index contributed by atoms with van der Waals surface area (Å²) >= 11 is 0. The Labute approximate surface area is 209 Å². The lowest BCUT2D eigenvalue weighted by atomic mass is 9.92. The van der Waals surface area contributed by atoms with Gasteiger partial charge < -0.3 is 9.64 Å². The third-order valence-corrected chi connectivity index (χ3v) is 7.10. The predicted molar refractivity (Wildman–Crippen MR) is 134 cm³/mol. The number of fused-ring (bicyclic) bond motifs is 1. The number of H-pyrrole nitrogens is 1. The summed E-state index contributed by atoms with van der Waals surface area (Å²) in [4.78, 5) is 32.5. The molecule has 1 unspecified atom stereocenters. The number of benzene rings is 3. The van der Waals surface area contributed by atoms with Crippen LogP contribution < -0.4 is 0 Å². The standard InChI is InChI=1S/C29H26N4O3/c34-28(22-11-12-24-23(17-22)18-25(36-29(24)35)19-7-3-1-4-8-19)33-15-13-21(14-16-33)27-30-26(31-32-27)20-9-5-2-6-10-20/h1-12,17,21,25H,13-16,18H2,(H,30,31,32). The van der Waals surface area contributed by atoms with Crippen LogP contribution in [0.15, 0.2) is 78.9 Å². The highest BCUT2D eigenvalue weighted by Gasteiger charge is 2.30. The number of hydrogen-bond donors (Lipinski definition) is 1. The molecule has 1 aromatic heterocycles. The highest BCUT2D eigenvalue weighted by atomic mass is 16.5. The highest BCUT2D eigenvalue weighted by Crippen LogP contribution is 2.32. The minimum absolute atomic E-state index is 0.00556. The van der Waals surface area contributed by atoms with Crippen LogP contribution >= 0.6 is 0 Å². The van der Waals surface area contributed by atoms with Gasteiger partial charge in [-0.1, -0.05) is 60.7 Å². The van der Waals surface area contributed by atoms with Gasteiger partial charge >= 0.3 is 5.97 Å². The monoisotopic (exact) mass is 478 g/mol. The molecule has 3 heterocycles. The van der Waals surface area contributed by atoms with Crippen molar-refractivity contribution in [2.75, 3.05) is 13.1 Å². The first kappa shape index (κ1) is 22.2. The molecule has 2 aliphatic rings. The lowest BCUT2D eigenvalue weighted by Gasteiger charge is -2.31. The molecule has 4 aromatic rings. The number of nitrogens with zero attached hydrogens (tertiary/aromatic N) is 3. The Hall–Kier alpha value is -4.26. The molecule has 0 saturated carbocycles. The summed E-state index contributed by atoms with van der Waals surface area (Å²) in [5.41, 5.74) is 3.95. The molecule has 3 aromatic carbocycles. The van der Waals surface area contributed by atoms with E-state index in [-0.39, 0.29) is 23.9 Å². The zero-order valence-corrected chi connectivity index (χ0v) is 19.8. The van der Waals surface area contributed by atoms with Crippen LogP contribution in [0.25, 0.3) is 11.4 Å². The Morgan fingerprint density at radius 1 is 0.944 bits per heavy atom. The van der Waals surface area contributed by atoms with Crippen molar-refractivity contribution in [3.63, 3.8) is 0 Å². The molecule has 180 valence electrons. The molecule has 1 saturated heterocycles. The van der Waals surface area contributed by atoms with E-state index >= 15 is 0 Å². The minimum Gasteiger partial charge on any atom is -0.454 e. The molecule has 1 amide bonds. The number of rotatable bonds is 4. The van der Waals surface area contributed by atoms with Crippen molar-refractivity contribution in [3.05, 3.63) is 107 Å². The van der Waals surface area contributed by atoms with Crippen molar-refractivity contribution < 1.29 is 14.3 Å². The number of piperidine rings is 1. The minimum atomic E-state index is -0.341. The fourth-order valence-electron chi connectivity index (χ4n) is 5.09. The number of amides is 1. The van der Waals surface area contributed by atoms with Crippen LogP contribution in [-0.4, -0.2) is 45.0 Å². The van der Waals surface area contributed by atoms with Crippen molar-refractivity contribution in [1.29, 1.82) is 0 Å². The number of aromatic amines is 1. The van der Waals surface area contributed by atoms with Crippen LogP contribution in [0.1, 0.15) is 62.5 Å². The van der Waals surface area contributed by atoms with Crippen molar-refractivity contribution in [2.45, 2.75) is 31.3 Å². The Morgan fingerprint density at radius 3 is 2.42 bits per heavy atom. The predicted octanol–water partition coefficient (Wildman–Crippen LogP) is 4.95. The first-order chi connectivity index (χ1) is 17.7. The van der Waals surface area contributed by atoms with Gasteiger partial charge in [-0.15, -0.1) is 0 Å². The first-order valence-corrected chi connectivity index (χ1v) is 12.3. The number of carbonyl (C=O) groups is 2. The lowest BCUT2D eigenvalue weighted by molar-refractivity contribution is 0.0252. The maximum atomic E-state index is 13.3. The molecule has 7 heteroatoms. The molecule has 0 bridgehead atoms. The number of esters is 1. The summed E-state index contributed by atoms with van der Waals surface area (Å²) in [7, 11) is 0. The van der Waals surface area contributed by atoms with Gasteiger partial charge in [-0.25, -0.2) is 9.78 Å². The third-order valence-electron chi connectivity index (χ3n) is 7.10. The Morgan fingerprint density at radius 2 is 1.67 bits per heavy atom. The van der Waals surface area contributed by atoms with Crippen LogP contribution in [0, 0.1) is 0 Å². The maximum absolute atomic E-state index is 13.3. The second-order valence-corrected chi connectivity index (χ2v) is 9.36. The molecule has 7 nitrogen and oxygen atoms in total. The van der Waals surface area contributed by atoms with Gasteiger partial charge in [-0.3, -0.25) is 9.89 Å². The van der Waals surface area contributed by atoms with E-state index in [0.717, 1.165) is 35.4 Å². The summed E-state index contributed by atoms with van der Waals surface area (Å²) < 4.78 is 5.65. The molecule has 6 rings (SSSR count). The Balaban J connectivity index is 1.13.